The van der Waals surface area contributed by atoms with Gasteiger partial charge in [-0.2, -0.15) is 0 Å². The highest BCUT2D eigenvalue weighted by Gasteiger charge is 2.28. The van der Waals surface area contributed by atoms with Crippen molar-refractivity contribution in [2.75, 3.05) is 11.9 Å². The van der Waals surface area contributed by atoms with Crippen molar-refractivity contribution in [1.29, 1.82) is 0 Å². The van der Waals surface area contributed by atoms with E-state index in [2.05, 4.69) is 5.32 Å². The standard InChI is InChI=1S/C19H23NO2/c1-4-22-17-13-9-8-12-16(17)20-18(21)19(2,3)14-15-10-6-5-7-11-15/h5-13H,4,14H2,1-3H3,(H,20,21). The summed E-state index contributed by atoms with van der Waals surface area (Å²) >= 11 is 0. The number of anilines is 1. The second-order valence-corrected chi connectivity index (χ2v) is 5.93. The molecule has 0 bridgehead atoms. The molecule has 2 rings (SSSR count). The first-order valence-electron chi connectivity index (χ1n) is 7.60. The lowest BCUT2D eigenvalue weighted by Crippen LogP contribution is -2.32. The van der Waals surface area contributed by atoms with Crippen molar-refractivity contribution in [3.63, 3.8) is 0 Å². The van der Waals surface area contributed by atoms with Crippen LogP contribution in [0.15, 0.2) is 54.6 Å². The number of benzene rings is 2. The molecule has 0 fully saturated rings. The van der Waals surface area contributed by atoms with Crippen LogP contribution in [0.2, 0.25) is 0 Å². The molecule has 0 saturated heterocycles. The number of ether oxygens (including phenoxy) is 1. The van der Waals surface area contributed by atoms with Crippen LogP contribution in [0.4, 0.5) is 5.69 Å². The summed E-state index contributed by atoms with van der Waals surface area (Å²) in [6, 6.07) is 17.6. The van der Waals surface area contributed by atoms with Gasteiger partial charge < -0.3 is 10.1 Å². The molecular formula is C19H23NO2. The lowest BCUT2D eigenvalue weighted by molar-refractivity contribution is -0.123. The topological polar surface area (TPSA) is 38.3 Å². The highest BCUT2D eigenvalue weighted by molar-refractivity contribution is 5.96. The van der Waals surface area contributed by atoms with Crippen molar-refractivity contribution in [1.82, 2.24) is 0 Å². The predicted octanol–water partition coefficient (Wildman–Crippen LogP) is 4.29. The van der Waals surface area contributed by atoms with Crippen LogP contribution in [0.3, 0.4) is 0 Å². The van der Waals surface area contributed by atoms with Crippen molar-refractivity contribution in [2.24, 2.45) is 5.41 Å². The average Bonchev–Trinajstić information content (AvgIpc) is 2.50. The monoisotopic (exact) mass is 297 g/mol. The van der Waals surface area contributed by atoms with E-state index in [0.29, 0.717) is 18.8 Å². The van der Waals surface area contributed by atoms with E-state index in [1.807, 2.05) is 75.4 Å². The minimum Gasteiger partial charge on any atom is -0.492 e. The van der Waals surface area contributed by atoms with E-state index in [4.69, 9.17) is 4.74 Å². The Labute approximate surface area is 132 Å². The Bertz CT molecular complexity index is 620. The summed E-state index contributed by atoms with van der Waals surface area (Å²) in [6.07, 6.45) is 0.691. The first-order chi connectivity index (χ1) is 10.5. The lowest BCUT2D eigenvalue weighted by atomic mass is 9.84. The number of nitrogens with one attached hydrogen (secondary N) is 1. The van der Waals surface area contributed by atoms with Crippen LogP contribution in [0, 0.1) is 5.41 Å². The van der Waals surface area contributed by atoms with E-state index in [0.717, 1.165) is 11.3 Å². The minimum absolute atomic E-state index is 0.0106. The van der Waals surface area contributed by atoms with Crippen LogP contribution in [-0.4, -0.2) is 12.5 Å². The summed E-state index contributed by atoms with van der Waals surface area (Å²) in [5, 5.41) is 2.99. The van der Waals surface area contributed by atoms with Gasteiger partial charge in [0.15, 0.2) is 0 Å². The van der Waals surface area contributed by atoms with Gasteiger partial charge in [-0.3, -0.25) is 4.79 Å². The van der Waals surface area contributed by atoms with Crippen molar-refractivity contribution in [2.45, 2.75) is 27.2 Å². The Kier molecular flexibility index (Phi) is 5.21. The maximum absolute atomic E-state index is 12.6. The third-order valence-electron chi connectivity index (χ3n) is 3.54. The highest BCUT2D eigenvalue weighted by atomic mass is 16.5. The van der Waals surface area contributed by atoms with E-state index in [9.17, 15) is 4.79 Å². The van der Waals surface area contributed by atoms with Crippen LogP contribution in [-0.2, 0) is 11.2 Å². The van der Waals surface area contributed by atoms with E-state index in [1.165, 1.54) is 0 Å². The summed E-state index contributed by atoms with van der Waals surface area (Å²) in [4.78, 5) is 12.6. The molecule has 0 aliphatic rings. The van der Waals surface area contributed by atoms with Gasteiger partial charge >= 0.3 is 0 Å². The predicted molar refractivity (Wildman–Crippen MR) is 90.2 cm³/mol. The third-order valence-corrected chi connectivity index (χ3v) is 3.54. The molecular weight excluding hydrogens is 274 g/mol. The fraction of sp³-hybridized carbons (Fsp3) is 0.316. The second-order valence-electron chi connectivity index (χ2n) is 5.93. The first kappa shape index (κ1) is 16.1. The molecule has 1 N–H and O–H groups in total. The Morgan fingerprint density at radius 3 is 2.36 bits per heavy atom. The highest BCUT2D eigenvalue weighted by Crippen LogP contribution is 2.28. The SMILES string of the molecule is CCOc1ccccc1NC(=O)C(C)(C)Cc1ccccc1. The van der Waals surface area contributed by atoms with E-state index in [1.54, 1.807) is 0 Å². The largest absolute Gasteiger partial charge is 0.492 e. The van der Waals surface area contributed by atoms with Gasteiger partial charge in [-0.15, -0.1) is 0 Å². The van der Waals surface area contributed by atoms with Crippen molar-refractivity contribution < 1.29 is 9.53 Å². The third kappa shape index (κ3) is 4.10. The fourth-order valence-electron chi connectivity index (χ4n) is 2.33. The van der Waals surface area contributed by atoms with Gasteiger partial charge in [-0.1, -0.05) is 56.3 Å². The Morgan fingerprint density at radius 1 is 1.05 bits per heavy atom. The summed E-state index contributed by atoms with van der Waals surface area (Å²) in [5.41, 5.74) is 1.37. The molecule has 116 valence electrons. The van der Waals surface area contributed by atoms with Crippen LogP contribution in [0.25, 0.3) is 0 Å². The van der Waals surface area contributed by atoms with Gasteiger partial charge in [0, 0.05) is 5.41 Å². The van der Waals surface area contributed by atoms with Crippen molar-refractivity contribution in [3.8, 4) is 5.75 Å². The average molecular weight is 297 g/mol. The van der Waals surface area contributed by atoms with Gasteiger partial charge in [0.25, 0.3) is 0 Å². The summed E-state index contributed by atoms with van der Waals surface area (Å²) in [7, 11) is 0. The molecule has 2 aromatic carbocycles. The molecule has 0 atom stereocenters. The number of carbonyl (C=O) groups excluding carboxylic acids is 1. The normalized spacial score (nSPS) is 11.0. The number of para-hydroxylation sites is 2. The number of carbonyl (C=O) groups is 1. The number of amides is 1. The van der Waals surface area contributed by atoms with Gasteiger partial charge in [0.2, 0.25) is 5.91 Å². The van der Waals surface area contributed by atoms with Crippen LogP contribution < -0.4 is 10.1 Å². The first-order valence-corrected chi connectivity index (χ1v) is 7.60. The van der Waals surface area contributed by atoms with Gasteiger partial charge in [0.05, 0.1) is 12.3 Å². The molecule has 22 heavy (non-hydrogen) atoms. The molecule has 0 aliphatic heterocycles. The van der Waals surface area contributed by atoms with Gasteiger partial charge in [-0.05, 0) is 31.0 Å². The number of rotatable bonds is 6. The molecule has 0 unspecified atom stereocenters. The van der Waals surface area contributed by atoms with Crippen molar-refractivity contribution in [3.05, 3.63) is 60.2 Å². The number of hydrogen-bond acceptors (Lipinski definition) is 2. The smallest absolute Gasteiger partial charge is 0.230 e. The number of hydrogen-bond donors (Lipinski definition) is 1. The molecule has 0 spiro atoms. The molecule has 2 aromatic rings. The van der Waals surface area contributed by atoms with Crippen LogP contribution in [0.5, 0.6) is 5.75 Å². The molecule has 3 heteroatoms. The zero-order chi connectivity index (χ0) is 16.0. The summed E-state index contributed by atoms with van der Waals surface area (Å²) in [5.74, 6) is 0.692. The minimum atomic E-state index is -0.499. The van der Waals surface area contributed by atoms with E-state index in [-0.39, 0.29) is 5.91 Å². The molecule has 0 heterocycles. The maximum Gasteiger partial charge on any atom is 0.230 e. The molecule has 0 aromatic heterocycles. The van der Waals surface area contributed by atoms with Gasteiger partial charge in [0.1, 0.15) is 5.75 Å². The Morgan fingerprint density at radius 2 is 1.68 bits per heavy atom. The van der Waals surface area contributed by atoms with Crippen LogP contribution >= 0.6 is 0 Å². The maximum atomic E-state index is 12.6. The van der Waals surface area contributed by atoms with Gasteiger partial charge in [-0.25, -0.2) is 0 Å². The van der Waals surface area contributed by atoms with Crippen molar-refractivity contribution >= 4 is 11.6 Å². The molecule has 1 amide bonds. The Hall–Kier alpha value is -2.29. The zero-order valence-electron chi connectivity index (χ0n) is 13.4. The van der Waals surface area contributed by atoms with Crippen LogP contribution in [0.1, 0.15) is 26.3 Å². The fourth-order valence-corrected chi connectivity index (χ4v) is 2.33. The second kappa shape index (κ2) is 7.12. The molecule has 0 aliphatic carbocycles. The summed E-state index contributed by atoms with van der Waals surface area (Å²) in [6.45, 7) is 6.41. The summed E-state index contributed by atoms with van der Waals surface area (Å²) < 4.78 is 5.55. The zero-order valence-corrected chi connectivity index (χ0v) is 13.4. The van der Waals surface area contributed by atoms with E-state index >= 15 is 0 Å². The molecule has 0 saturated carbocycles. The molecule has 3 nitrogen and oxygen atoms in total. The molecule has 0 radical (unpaired) electrons. The lowest BCUT2D eigenvalue weighted by Gasteiger charge is -2.24. The Balaban J connectivity index is 2.11. The van der Waals surface area contributed by atoms with E-state index < -0.39 is 5.41 Å². The quantitative estimate of drug-likeness (QED) is 0.863.